The van der Waals surface area contributed by atoms with Gasteiger partial charge in [-0.05, 0) is 31.1 Å². The van der Waals surface area contributed by atoms with Gasteiger partial charge in [-0.1, -0.05) is 22.4 Å². The van der Waals surface area contributed by atoms with Gasteiger partial charge in [-0.3, -0.25) is 0 Å². The third kappa shape index (κ3) is 3.13. The Morgan fingerprint density at radius 2 is 1.79 bits per heavy atom. The predicted octanol–water partition coefficient (Wildman–Crippen LogP) is 3.31. The van der Waals surface area contributed by atoms with Crippen molar-refractivity contribution in [2.24, 2.45) is 0 Å². The van der Waals surface area contributed by atoms with Gasteiger partial charge in [0.1, 0.15) is 5.57 Å². The van der Waals surface area contributed by atoms with Crippen LogP contribution in [-0.4, -0.2) is 29.9 Å². The van der Waals surface area contributed by atoms with Crippen LogP contribution >= 0.6 is 15.9 Å². The lowest BCUT2D eigenvalue weighted by Crippen LogP contribution is -2.47. The summed E-state index contributed by atoms with van der Waals surface area (Å²) in [6.45, 7) is 0. The van der Waals surface area contributed by atoms with E-state index in [0.29, 0.717) is 17.3 Å². The van der Waals surface area contributed by atoms with E-state index in [9.17, 15) is 14.7 Å². The zero-order valence-electron chi connectivity index (χ0n) is 13.1. The maximum atomic E-state index is 12.3. The summed E-state index contributed by atoms with van der Waals surface area (Å²) in [7, 11) is 1.41. The molecule has 2 fully saturated rings. The number of methoxy groups -OCH3 is 1. The molecule has 0 aromatic heterocycles. The van der Waals surface area contributed by atoms with Crippen LogP contribution in [0.2, 0.25) is 0 Å². The van der Waals surface area contributed by atoms with Gasteiger partial charge in [-0.15, -0.1) is 0 Å². The molecule has 24 heavy (non-hydrogen) atoms. The van der Waals surface area contributed by atoms with Gasteiger partial charge in [0.2, 0.25) is 0 Å². The third-order valence-corrected chi connectivity index (χ3v) is 4.66. The van der Waals surface area contributed by atoms with Crippen molar-refractivity contribution in [1.82, 2.24) is 0 Å². The molecule has 1 aliphatic carbocycles. The highest BCUT2D eigenvalue weighted by atomic mass is 79.9. The number of carbonyl (C=O) groups excluding carboxylic acids is 2. The molecular formula is C17H17BrO6. The molecule has 1 saturated carbocycles. The van der Waals surface area contributed by atoms with E-state index in [1.54, 1.807) is 12.1 Å². The van der Waals surface area contributed by atoms with Crippen molar-refractivity contribution in [2.45, 2.75) is 37.9 Å². The van der Waals surface area contributed by atoms with Crippen molar-refractivity contribution >= 4 is 33.9 Å². The van der Waals surface area contributed by atoms with E-state index in [1.165, 1.54) is 13.2 Å². The number of hydrogen-bond acceptors (Lipinski definition) is 6. The molecule has 1 heterocycles. The highest BCUT2D eigenvalue weighted by Gasteiger charge is 2.46. The topological polar surface area (TPSA) is 82.1 Å². The van der Waals surface area contributed by atoms with Crippen molar-refractivity contribution < 1.29 is 28.9 Å². The molecule has 1 spiro atoms. The average Bonchev–Trinajstić information content (AvgIpc) is 2.54. The Bertz CT molecular complexity index is 696. The van der Waals surface area contributed by atoms with Crippen LogP contribution < -0.4 is 4.74 Å². The van der Waals surface area contributed by atoms with Gasteiger partial charge in [0.25, 0.3) is 5.79 Å². The second-order valence-electron chi connectivity index (χ2n) is 5.85. The summed E-state index contributed by atoms with van der Waals surface area (Å²) < 4.78 is 16.5. The fourth-order valence-electron chi connectivity index (χ4n) is 2.98. The van der Waals surface area contributed by atoms with Gasteiger partial charge in [0, 0.05) is 22.9 Å². The summed E-state index contributed by atoms with van der Waals surface area (Å²) in [6.07, 6.45) is 5.03. The number of rotatable bonds is 2. The molecule has 0 unspecified atom stereocenters. The lowest BCUT2D eigenvalue weighted by molar-refractivity contribution is -0.244. The monoisotopic (exact) mass is 396 g/mol. The Morgan fingerprint density at radius 1 is 1.17 bits per heavy atom. The number of phenolic OH excluding ortho intramolecular Hbond substituents is 1. The minimum Gasteiger partial charge on any atom is -0.504 e. The zero-order chi connectivity index (χ0) is 17.3. The lowest BCUT2D eigenvalue weighted by atomic mass is 9.93. The predicted molar refractivity (Wildman–Crippen MR) is 88.3 cm³/mol. The van der Waals surface area contributed by atoms with Crippen molar-refractivity contribution in [2.75, 3.05) is 7.11 Å². The normalized spacial score (nSPS) is 19.7. The number of esters is 2. The number of ether oxygens (including phenoxy) is 3. The summed E-state index contributed by atoms with van der Waals surface area (Å²) in [6, 6.07) is 3.14. The molecule has 0 bridgehead atoms. The van der Waals surface area contributed by atoms with Crippen LogP contribution in [0.5, 0.6) is 11.5 Å². The van der Waals surface area contributed by atoms with Gasteiger partial charge >= 0.3 is 11.9 Å². The Labute approximate surface area is 147 Å². The largest absolute Gasteiger partial charge is 0.504 e. The number of hydrogen-bond donors (Lipinski definition) is 1. The summed E-state index contributed by atoms with van der Waals surface area (Å²) in [5, 5.41) is 10.2. The van der Waals surface area contributed by atoms with E-state index < -0.39 is 17.7 Å². The van der Waals surface area contributed by atoms with E-state index in [4.69, 9.17) is 14.2 Å². The Hall–Kier alpha value is -2.02. The van der Waals surface area contributed by atoms with Crippen molar-refractivity contribution in [3.63, 3.8) is 0 Å². The Balaban J connectivity index is 1.93. The molecule has 7 heteroatoms. The molecule has 1 N–H and O–H groups in total. The van der Waals surface area contributed by atoms with E-state index in [1.807, 2.05) is 0 Å². The molecule has 3 rings (SSSR count). The fraction of sp³-hybridized carbons (Fsp3) is 0.412. The number of aromatic hydroxyl groups is 1. The van der Waals surface area contributed by atoms with Gasteiger partial charge in [0.15, 0.2) is 11.5 Å². The molecule has 1 aromatic carbocycles. The molecule has 1 aromatic rings. The quantitative estimate of drug-likeness (QED) is 0.469. The maximum absolute atomic E-state index is 12.3. The van der Waals surface area contributed by atoms with Crippen molar-refractivity contribution in [3.8, 4) is 11.5 Å². The van der Waals surface area contributed by atoms with Crippen LogP contribution in [-0.2, 0) is 19.1 Å². The Kier molecular flexibility index (Phi) is 4.54. The van der Waals surface area contributed by atoms with Crippen LogP contribution in [0.15, 0.2) is 22.2 Å². The molecule has 0 amide bonds. The maximum Gasteiger partial charge on any atom is 0.348 e. The first kappa shape index (κ1) is 16.8. The number of halogens is 1. The molecule has 1 saturated heterocycles. The molecule has 128 valence electrons. The molecule has 0 atom stereocenters. The van der Waals surface area contributed by atoms with Gasteiger partial charge in [-0.25, -0.2) is 9.59 Å². The SMILES string of the molecule is COc1cc(Br)cc(C=C2C(=O)OC3(CCCCC3)OC2=O)c1O. The van der Waals surface area contributed by atoms with Crippen LogP contribution in [0.1, 0.15) is 37.7 Å². The number of carbonyl (C=O) groups is 2. The van der Waals surface area contributed by atoms with Crippen molar-refractivity contribution in [1.29, 1.82) is 0 Å². The molecule has 6 nitrogen and oxygen atoms in total. The standard InChI is InChI=1S/C17H17BrO6/c1-22-13-9-11(18)7-10(14(13)19)8-12-15(20)23-17(24-16(12)21)5-3-2-4-6-17/h7-9,19H,2-6H2,1H3. The van der Waals surface area contributed by atoms with Crippen LogP contribution in [0.3, 0.4) is 0 Å². The average molecular weight is 397 g/mol. The van der Waals surface area contributed by atoms with Gasteiger partial charge < -0.3 is 19.3 Å². The highest BCUT2D eigenvalue weighted by molar-refractivity contribution is 9.10. The lowest BCUT2D eigenvalue weighted by Gasteiger charge is -2.38. The second-order valence-corrected chi connectivity index (χ2v) is 6.77. The first-order chi connectivity index (χ1) is 11.4. The van der Waals surface area contributed by atoms with E-state index in [2.05, 4.69) is 15.9 Å². The summed E-state index contributed by atoms with van der Waals surface area (Å²) in [5.74, 6) is -2.54. The summed E-state index contributed by atoms with van der Waals surface area (Å²) in [5.41, 5.74) is 0.00590. The van der Waals surface area contributed by atoms with Gasteiger partial charge in [0.05, 0.1) is 7.11 Å². The summed E-state index contributed by atoms with van der Waals surface area (Å²) >= 11 is 3.29. The van der Waals surface area contributed by atoms with E-state index in [0.717, 1.165) is 19.3 Å². The molecule has 2 aliphatic rings. The number of benzene rings is 1. The minimum absolute atomic E-state index is 0.174. The summed E-state index contributed by atoms with van der Waals surface area (Å²) in [4.78, 5) is 24.6. The fourth-order valence-corrected chi connectivity index (χ4v) is 3.43. The van der Waals surface area contributed by atoms with Crippen molar-refractivity contribution in [3.05, 3.63) is 27.7 Å². The van der Waals surface area contributed by atoms with E-state index >= 15 is 0 Å². The first-order valence-electron chi connectivity index (χ1n) is 7.69. The Morgan fingerprint density at radius 3 is 2.38 bits per heavy atom. The molecule has 0 radical (unpaired) electrons. The first-order valence-corrected chi connectivity index (χ1v) is 8.48. The third-order valence-electron chi connectivity index (χ3n) is 4.20. The molecule has 1 aliphatic heterocycles. The van der Waals surface area contributed by atoms with Crippen LogP contribution in [0, 0.1) is 0 Å². The number of phenols is 1. The van der Waals surface area contributed by atoms with Crippen LogP contribution in [0.4, 0.5) is 0 Å². The molecular weight excluding hydrogens is 380 g/mol. The smallest absolute Gasteiger partial charge is 0.348 e. The van der Waals surface area contributed by atoms with E-state index in [-0.39, 0.29) is 22.6 Å². The minimum atomic E-state index is -1.12. The van der Waals surface area contributed by atoms with Gasteiger partial charge in [-0.2, -0.15) is 0 Å². The van der Waals surface area contributed by atoms with Crippen LogP contribution in [0.25, 0.3) is 6.08 Å². The zero-order valence-corrected chi connectivity index (χ0v) is 14.7. The highest BCUT2D eigenvalue weighted by Crippen LogP contribution is 2.39. The second kappa shape index (κ2) is 6.47.